The van der Waals surface area contributed by atoms with Crippen molar-refractivity contribution in [3.8, 4) is 6.07 Å². The molecule has 0 aliphatic carbocycles. The van der Waals surface area contributed by atoms with E-state index >= 15 is 0 Å². The number of carbonyl (C=O) groups is 1. The molecule has 0 spiro atoms. The predicted octanol–water partition coefficient (Wildman–Crippen LogP) is 1.49. The van der Waals surface area contributed by atoms with E-state index in [2.05, 4.69) is 15.5 Å². The summed E-state index contributed by atoms with van der Waals surface area (Å²) < 4.78 is 0. The van der Waals surface area contributed by atoms with Crippen molar-refractivity contribution < 1.29 is 4.79 Å². The monoisotopic (exact) mass is 253 g/mol. The van der Waals surface area contributed by atoms with Crippen molar-refractivity contribution in [3.63, 3.8) is 0 Å². The summed E-state index contributed by atoms with van der Waals surface area (Å²) in [6.07, 6.45) is 0. The van der Waals surface area contributed by atoms with Gasteiger partial charge in [-0.3, -0.25) is 4.79 Å². The van der Waals surface area contributed by atoms with E-state index < -0.39 is 5.91 Å². The molecular weight excluding hydrogens is 242 g/mol. The third-order valence-electron chi connectivity index (χ3n) is 2.53. The Kier molecular flexibility index (Phi) is 3.39. The molecule has 1 aromatic carbocycles. The van der Waals surface area contributed by atoms with E-state index in [1.165, 1.54) is 12.1 Å². The number of aryl methyl sites for hydroxylation is 1. The number of hydrogen-bond acceptors (Lipinski definition) is 5. The number of aromatic nitrogens is 2. The minimum Gasteiger partial charge on any atom is -0.382 e. The van der Waals surface area contributed by atoms with Gasteiger partial charge in [-0.15, -0.1) is 10.2 Å². The van der Waals surface area contributed by atoms with Crippen LogP contribution in [0.4, 0.5) is 11.5 Å². The Morgan fingerprint density at radius 3 is 2.74 bits per heavy atom. The standard InChI is InChI=1S/C13H11N5O/c1-8-2-3-9(7-14)6-11(8)16-13(19)10-4-5-12(15)18-17-10/h2-6H,1H3,(H2,15,18)(H,16,19). The molecule has 1 amide bonds. The van der Waals surface area contributed by atoms with Gasteiger partial charge in [-0.2, -0.15) is 5.26 Å². The van der Waals surface area contributed by atoms with E-state index in [-0.39, 0.29) is 11.5 Å². The van der Waals surface area contributed by atoms with Crippen molar-refractivity contribution in [1.29, 1.82) is 5.26 Å². The van der Waals surface area contributed by atoms with Gasteiger partial charge >= 0.3 is 0 Å². The summed E-state index contributed by atoms with van der Waals surface area (Å²) in [5.74, 6) is -0.148. The third-order valence-corrected chi connectivity index (χ3v) is 2.53. The van der Waals surface area contributed by atoms with E-state index in [0.29, 0.717) is 11.3 Å². The van der Waals surface area contributed by atoms with Crippen LogP contribution in [0.5, 0.6) is 0 Å². The number of nitrogens with zero attached hydrogens (tertiary/aromatic N) is 3. The second kappa shape index (κ2) is 5.14. The average molecular weight is 253 g/mol. The molecule has 2 aromatic rings. The van der Waals surface area contributed by atoms with Crippen LogP contribution in [-0.2, 0) is 0 Å². The molecule has 0 atom stereocenters. The van der Waals surface area contributed by atoms with Gasteiger partial charge in [0.1, 0.15) is 5.82 Å². The van der Waals surface area contributed by atoms with Gasteiger partial charge in [0.15, 0.2) is 5.69 Å². The van der Waals surface area contributed by atoms with Gasteiger partial charge in [0, 0.05) is 5.69 Å². The van der Waals surface area contributed by atoms with E-state index in [0.717, 1.165) is 5.56 Å². The van der Waals surface area contributed by atoms with Gasteiger partial charge in [0.2, 0.25) is 0 Å². The number of nitrogens with one attached hydrogen (secondary N) is 1. The fraction of sp³-hybridized carbons (Fsp3) is 0.0769. The van der Waals surface area contributed by atoms with E-state index in [1.807, 2.05) is 13.0 Å². The number of carbonyl (C=O) groups excluding carboxylic acids is 1. The molecule has 1 aromatic heterocycles. The zero-order chi connectivity index (χ0) is 13.8. The molecule has 0 unspecified atom stereocenters. The van der Waals surface area contributed by atoms with Crippen LogP contribution in [0.3, 0.4) is 0 Å². The first-order chi connectivity index (χ1) is 9.10. The Balaban J connectivity index is 2.24. The molecule has 0 aliphatic rings. The van der Waals surface area contributed by atoms with Crippen molar-refractivity contribution in [1.82, 2.24) is 10.2 Å². The number of anilines is 2. The third kappa shape index (κ3) is 2.84. The summed E-state index contributed by atoms with van der Waals surface area (Å²) in [6.45, 7) is 1.84. The van der Waals surface area contributed by atoms with Crippen LogP contribution >= 0.6 is 0 Å². The van der Waals surface area contributed by atoms with Gasteiger partial charge in [-0.1, -0.05) is 6.07 Å². The lowest BCUT2D eigenvalue weighted by atomic mass is 10.1. The molecule has 0 radical (unpaired) electrons. The molecule has 19 heavy (non-hydrogen) atoms. The summed E-state index contributed by atoms with van der Waals surface area (Å²) in [5.41, 5.74) is 7.47. The van der Waals surface area contributed by atoms with Gasteiger partial charge < -0.3 is 11.1 Å². The first-order valence-electron chi connectivity index (χ1n) is 5.51. The lowest BCUT2D eigenvalue weighted by Crippen LogP contribution is -2.15. The molecule has 0 fully saturated rings. The highest BCUT2D eigenvalue weighted by Gasteiger charge is 2.10. The summed E-state index contributed by atoms with van der Waals surface area (Å²) in [6, 6.07) is 10.1. The Bertz CT molecular complexity index is 658. The highest BCUT2D eigenvalue weighted by Crippen LogP contribution is 2.17. The maximum atomic E-state index is 11.9. The molecule has 6 heteroatoms. The summed E-state index contributed by atoms with van der Waals surface area (Å²) in [4.78, 5) is 11.9. The lowest BCUT2D eigenvalue weighted by molar-refractivity contribution is 0.102. The van der Waals surface area contributed by atoms with E-state index in [9.17, 15) is 4.79 Å². The maximum Gasteiger partial charge on any atom is 0.276 e. The van der Waals surface area contributed by atoms with E-state index in [1.54, 1.807) is 18.2 Å². The van der Waals surface area contributed by atoms with Crippen molar-refractivity contribution in [2.24, 2.45) is 0 Å². The topological polar surface area (TPSA) is 105 Å². The molecule has 94 valence electrons. The number of nitrogens with two attached hydrogens (primary N) is 1. The quantitative estimate of drug-likeness (QED) is 0.843. The van der Waals surface area contributed by atoms with Crippen LogP contribution < -0.4 is 11.1 Å². The molecule has 0 bridgehead atoms. The molecule has 3 N–H and O–H groups in total. The Hall–Kier alpha value is -2.94. The Labute approximate surface area is 109 Å². The molecule has 0 saturated carbocycles. The first kappa shape index (κ1) is 12.5. The van der Waals surface area contributed by atoms with Crippen LogP contribution in [0, 0.1) is 18.3 Å². The van der Waals surface area contributed by atoms with Crippen LogP contribution in [0.2, 0.25) is 0 Å². The minimum atomic E-state index is -0.398. The van der Waals surface area contributed by atoms with Crippen LogP contribution in [0.25, 0.3) is 0 Å². The molecule has 1 heterocycles. The van der Waals surface area contributed by atoms with E-state index in [4.69, 9.17) is 11.0 Å². The molecule has 0 saturated heterocycles. The number of nitriles is 1. The minimum absolute atomic E-state index is 0.163. The fourth-order valence-electron chi connectivity index (χ4n) is 1.48. The predicted molar refractivity (Wildman–Crippen MR) is 70.3 cm³/mol. The van der Waals surface area contributed by atoms with Crippen molar-refractivity contribution in [2.45, 2.75) is 6.92 Å². The molecule has 0 aliphatic heterocycles. The van der Waals surface area contributed by atoms with Crippen molar-refractivity contribution in [3.05, 3.63) is 47.2 Å². The highest BCUT2D eigenvalue weighted by atomic mass is 16.1. The van der Waals surface area contributed by atoms with Gasteiger partial charge in [-0.05, 0) is 36.8 Å². The van der Waals surface area contributed by atoms with Crippen LogP contribution in [0.1, 0.15) is 21.6 Å². The molecule has 2 rings (SSSR count). The summed E-state index contributed by atoms with van der Waals surface area (Å²) >= 11 is 0. The zero-order valence-electron chi connectivity index (χ0n) is 10.2. The number of nitrogen functional groups attached to an aromatic ring is 1. The van der Waals surface area contributed by atoms with Crippen molar-refractivity contribution in [2.75, 3.05) is 11.1 Å². The van der Waals surface area contributed by atoms with Crippen molar-refractivity contribution >= 4 is 17.4 Å². The van der Waals surface area contributed by atoms with Crippen LogP contribution in [0.15, 0.2) is 30.3 Å². The van der Waals surface area contributed by atoms with Gasteiger partial charge in [0.05, 0.1) is 11.6 Å². The maximum absolute atomic E-state index is 11.9. The average Bonchev–Trinajstić information content (AvgIpc) is 2.42. The van der Waals surface area contributed by atoms with Gasteiger partial charge in [-0.25, -0.2) is 0 Å². The Morgan fingerprint density at radius 2 is 2.11 bits per heavy atom. The highest BCUT2D eigenvalue weighted by molar-refractivity contribution is 6.03. The summed E-state index contributed by atoms with van der Waals surface area (Å²) in [7, 11) is 0. The lowest BCUT2D eigenvalue weighted by Gasteiger charge is -2.07. The fourth-order valence-corrected chi connectivity index (χ4v) is 1.48. The van der Waals surface area contributed by atoms with Crippen LogP contribution in [-0.4, -0.2) is 16.1 Å². The molecular formula is C13H11N5O. The smallest absolute Gasteiger partial charge is 0.276 e. The second-order valence-corrected chi connectivity index (χ2v) is 3.94. The Morgan fingerprint density at radius 1 is 1.32 bits per heavy atom. The number of amides is 1. The zero-order valence-corrected chi connectivity index (χ0v) is 10.2. The summed E-state index contributed by atoms with van der Waals surface area (Å²) in [5, 5.41) is 18.8. The number of hydrogen-bond donors (Lipinski definition) is 2. The normalized spacial score (nSPS) is 9.68. The van der Waals surface area contributed by atoms with Gasteiger partial charge in [0.25, 0.3) is 5.91 Å². The largest absolute Gasteiger partial charge is 0.382 e. The molecule has 6 nitrogen and oxygen atoms in total. The number of rotatable bonds is 2. The first-order valence-corrected chi connectivity index (χ1v) is 5.51. The number of benzene rings is 1. The SMILES string of the molecule is Cc1ccc(C#N)cc1NC(=O)c1ccc(N)nn1. The second-order valence-electron chi connectivity index (χ2n) is 3.94.